The highest BCUT2D eigenvalue weighted by atomic mass is 16.5. The lowest BCUT2D eigenvalue weighted by atomic mass is 10.1. The number of aromatic nitrogens is 3. The Morgan fingerprint density at radius 2 is 2.35 bits per heavy atom. The second-order valence-corrected chi connectivity index (χ2v) is 3.43. The molecule has 0 fully saturated rings. The van der Waals surface area contributed by atoms with E-state index >= 15 is 0 Å². The SMILES string of the molecule is COc1ccc(Cn2cncn2)cc1C(=O)O. The summed E-state index contributed by atoms with van der Waals surface area (Å²) in [4.78, 5) is 14.8. The number of hydrogen-bond acceptors (Lipinski definition) is 4. The quantitative estimate of drug-likeness (QED) is 0.853. The summed E-state index contributed by atoms with van der Waals surface area (Å²) in [7, 11) is 1.44. The molecule has 0 aliphatic carbocycles. The molecule has 0 saturated heterocycles. The van der Waals surface area contributed by atoms with Gasteiger partial charge in [0.25, 0.3) is 0 Å². The van der Waals surface area contributed by atoms with Gasteiger partial charge in [0.1, 0.15) is 24.0 Å². The van der Waals surface area contributed by atoms with Crippen LogP contribution in [-0.2, 0) is 6.54 Å². The minimum atomic E-state index is -1.01. The fraction of sp³-hybridized carbons (Fsp3) is 0.182. The van der Waals surface area contributed by atoms with Gasteiger partial charge in [0.05, 0.1) is 13.7 Å². The number of hydrogen-bond donors (Lipinski definition) is 1. The maximum Gasteiger partial charge on any atom is 0.339 e. The van der Waals surface area contributed by atoms with Crippen molar-refractivity contribution in [3.05, 3.63) is 42.0 Å². The first-order valence-corrected chi connectivity index (χ1v) is 4.93. The van der Waals surface area contributed by atoms with Crippen molar-refractivity contribution in [2.75, 3.05) is 7.11 Å². The second kappa shape index (κ2) is 4.65. The summed E-state index contributed by atoms with van der Waals surface area (Å²) < 4.78 is 6.60. The second-order valence-electron chi connectivity index (χ2n) is 3.43. The molecular weight excluding hydrogens is 222 g/mol. The number of methoxy groups -OCH3 is 1. The third-order valence-electron chi connectivity index (χ3n) is 2.31. The van der Waals surface area contributed by atoms with Crippen LogP contribution < -0.4 is 4.74 Å². The molecule has 0 aliphatic rings. The van der Waals surface area contributed by atoms with Crippen molar-refractivity contribution in [2.45, 2.75) is 6.54 Å². The van der Waals surface area contributed by atoms with Crippen LogP contribution in [0.5, 0.6) is 5.75 Å². The zero-order valence-electron chi connectivity index (χ0n) is 9.20. The van der Waals surface area contributed by atoms with E-state index < -0.39 is 5.97 Å². The van der Waals surface area contributed by atoms with Crippen molar-refractivity contribution < 1.29 is 14.6 Å². The molecule has 1 N–H and O–H groups in total. The van der Waals surface area contributed by atoms with E-state index in [9.17, 15) is 4.79 Å². The van der Waals surface area contributed by atoms with Crippen molar-refractivity contribution in [2.24, 2.45) is 0 Å². The molecule has 1 aromatic heterocycles. The van der Waals surface area contributed by atoms with E-state index in [0.717, 1.165) is 5.56 Å². The van der Waals surface area contributed by atoms with Gasteiger partial charge in [-0.1, -0.05) is 6.07 Å². The van der Waals surface area contributed by atoms with Gasteiger partial charge >= 0.3 is 5.97 Å². The first-order valence-electron chi connectivity index (χ1n) is 4.93. The van der Waals surface area contributed by atoms with Crippen LogP contribution in [0.1, 0.15) is 15.9 Å². The molecule has 0 atom stereocenters. The minimum Gasteiger partial charge on any atom is -0.496 e. The fourth-order valence-corrected chi connectivity index (χ4v) is 1.52. The third-order valence-corrected chi connectivity index (χ3v) is 2.31. The number of carboxylic acid groups (broad SMARTS) is 1. The van der Waals surface area contributed by atoms with Crippen LogP contribution in [0.25, 0.3) is 0 Å². The normalized spacial score (nSPS) is 10.2. The summed E-state index contributed by atoms with van der Waals surface area (Å²) in [5.41, 5.74) is 0.971. The van der Waals surface area contributed by atoms with E-state index in [2.05, 4.69) is 10.1 Å². The fourth-order valence-electron chi connectivity index (χ4n) is 1.52. The third kappa shape index (κ3) is 2.41. The Balaban J connectivity index is 2.30. The summed E-state index contributed by atoms with van der Waals surface area (Å²) in [6.07, 6.45) is 3.01. The topological polar surface area (TPSA) is 77.2 Å². The van der Waals surface area contributed by atoms with Crippen LogP contribution in [-0.4, -0.2) is 33.0 Å². The Bertz CT molecular complexity index is 523. The van der Waals surface area contributed by atoms with E-state index in [1.54, 1.807) is 29.2 Å². The molecular formula is C11H11N3O3. The number of nitrogens with zero attached hydrogens (tertiary/aromatic N) is 3. The van der Waals surface area contributed by atoms with Gasteiger partial charge in [0.2, 0.25) is 0 Å². The summed E-state index contributed by atoms with van der Waals surface area (Å²) in [6.45, 7) is 0.476. The van der Waals surface area contributed by atoms with Crippen LogP contribution >= 0.6 is 0 Å². The predicted molar refractivity (Wildman–Crippen MR) is 59.1 cm³/mol. The van der Waals surface area contributed by atoms with Gasteiger partial charge in [0.15, 0.2) is 0 Å². The van der Waals surface area contributed by atoms with Gasteiger partial charge in [-0.15, -0.1) is 0 Å². The molecule has 0 saturated carbocycles. The largest absolute Gasteiger partial charge is 0.496 e. The molecule has 0 spiro atoms. The van der Waals surface area contributed by atoms with Crippen molar-refractivity contribution in [1.29, 1.82) is 0 Å². The first kappa shape index (κ1) is 11.1. The van der Waals surface area contributed by atoms with Gasteiger partial charge in [-0.05, 0) is 17.7 Å². The van der Waals surface area contributed by atoms with Crippen molar-refractivity contribution in [3.8, 4) is 5.75 Å². The highest BCUT2D eigenvalue weighted by Crippen LogP contribution is 2.20. The zero-order valence-corrected chi connectivity index (χ0v) is 9.20. The smallest absolute Gasteiger partial charge is 0.339 e. The van der Waals surface area contributed by atoms with Crippen molar-refractivity contribution in [1.82, 2.24) is 14.8 Å². The van der Waals surface area contributed by atoms with Gasteiger partial charge in [-0.2, -0.15) is 5.10 Å². The van der Waals surface area contributed by atoms with Crippen LogP contribution in [0, 0.1) is 0 Å². The monoisotopic (exact) mass is 233 g/mol. The number of aromatic carboxylic acids is 1. The average Bonchev–Trinajstić information content (AvgIpc) is 2.81. The predicted octanol–water partition coefficient (Wildman–Crippen LogP) is 1.03. The molecule has 0 aliphatic heterocycles. The summed E-state index contributed by atoms with van der Waals surface area (Å²) in [5, 5.41) is 13.0. The van der Waals surface area contributed by atoms with Crippen LogP contribution in [0.15, 0.2) is 30.9 Å². The van der Waals surface area contributed by atoms with E-state index in [1.807, 2.05) is 0 Å². The van der Waals surface area contributed by atoms with E-state index in [1.165, 1.54) is 13.4 Å². The molecule has 0 amide bonds. The number of rotatable bonds is 4. The van der Waals surface area contributed by atoms with Gasteiger partial charge in [-0.25, -0.2) is 14.5 Å². The van der Waals surface area contributed by atoms with Crippen LogP contribution in [0.2, 0.25) is 0 Å². The average molecular weight is 233 g/mol. The molecule has 0 unspecified atom stereocenters. The van der Waals surface area contributed by atoms with Crippen molar-refractivity contribution in [3.63, 3.8) is 0 Å². The first-order chi connectivity index (χ1) is 8.20. The van der Waals surface area contributed by atoms with Gasteiger partial charge in [-0.3, -0.25) is 0 Å². The number of carbonyl (C=O) groups is 1. The molecule has 1 heterocycles. The van der Waals surface area contributed by atoms with E-state index in [4.69, 9.17) is 9.84 Å². The van der Waals surface area contributed by atoms with Gasteiger partial charge in [0, 0.05) is 0 Å². The molecule has 88 valence electrons. The molecule has 2 rings (SSSR count). The number of carboxylic acids is 1. The highest BCUT2D eigenvalue weighted by Gasteiger charge is 2.11. The highest BCUT2D eigenvalue weighted by molar-refractivity contribution is 5.91. The summed E-state index contributed by atoms with van der Waals surface area (Å²) in [5.74, 6) is -0.665. The Morgan fingerprint density at radius 1 is 1.53 bits per heavy atom. The number of ether oxygens (including phenoxy) is 1. The van der Waals surface area contributed by atoms with Crippen LogP contribution in [0.4, 0.5) is 0 Å². The molecule has 6 heteroatoms. The van der Waals surface area contributed by atoms with Gasteiger partial charge < -0.3 is 9.84 Å². The number of benzene rings is 1. The Labute approximate surface area is 97.5 Å². The standard InChI is InChI=1S/C11H11N3O3/c1-17-10-3-2-8(4-9(10)11(15)16)5-14-7-12-6-13-14/h2-4,6-7H,5H2,1H3,(H,15,16). The van der Waals surface area contributed by atoms with Crippen molar-refractivity contribution >= 4 is 5.97 Å². The Kier molecular flexibility index (Phi) is 3.04. The lowest BCUT2D eigenvalue weighted by Crippen LogP contribution is -2.04. The molecule has 17 heavy (non-hydrogen) atoms. The minimum absolute atomic E-state index is 0.144. The molecule has 1 aromatic carbocycles. The molecule has 6 nitrogen and oxygen atoms in total. The lowest BCUT2D eigenvalue weighted by Gasteiger charge is -2.07. The molecule has 0 radical (unpaired) electrons. The van der Waals surface area contributed by atoms with E-state index in [0.29, 0.717) is 12.3 Å². The maximum absolute atomic E-state index is 11.0. The lowest BCUT2D eigenvalue weighted by molar-refractivity contribution is 0.0693. The molecule has 0 bridgehead atoms. The Hall–Kier alpha value is -2.37. The van der Waals surface area contributed by atoms with Crippen LogP contribution in [0.3, 0.4) is 0 Å². The summed E-state index contributed by atoms with van der Waals surface area (Å²) in [6, 6.07) is 5.01. The summed E-state index contributed by atoms with van der Waals surface area (Å²) >= 11 is 0. The Morgan fingerprint density at radius 3 is 2.94 bits per heavy atom. The zero-order chi connectivity index (χ0) is 12.3. The van der Waals surface area contributed by atoms with E-state index in [-0.39, 0.29) is 5.56 Å². The maximum atomic E-state index is 11.0. The molecule has 2 aromatic rings.